The molecule has 0 unspecified atom stereocenters. The number of carbonyl (C=O) groups excluding carboxylic acids is 1. The number of imidazole rings is 1. The number of hydrogen-bond donors (Lipinski definition) is 1. The zero-order chi connectivity index (χ0) is 13.4. The van der Waals surface area contributed by atoms with E-state index in [9.17, 15) is 4.79 Å². The molecule has 0 spiro atoms. The number of hydrogen-bond acceptors (Lipinski definition) is 5. The van der Waals surface area contributed by atoms with E-state index in [0.29, 0.717) is 30.6 Å². The normalized spacial score (nSPS) is 19.1. The molecule has 0 radical (unpaired) electrons. The Morgan fingerprint density at radius 1 is 1.53 bits per heavy atom. The van der Waals surface area contributed by atoms with Gasteiger partial charge in [-0.05, 0) is 20.3 Å². The highest BCUT2D eigenvalue weighted by atomic mass is 16.5. The van der Waals surface area contributed by atoms with Gasteiger partial charge in [-0.2, -0.15) is 4.98 Å². The number of nitrogens with zero attached hydrogens (tertiary/aromatic N) is 4. The van der Waals surface area contributed by atoms with Crippen LogP contribution in [0.4, 0.5) is 0 Å². The summed E-state index contributed by atoms with van der Waals surface area (Å²) in [6.07, 6.45) is 2.50. The molecule has 1 fully saturated rings. The number of aromatic nitrogens is 4. The van der Waals surface area contributed by atoms with Gasteiger partial charge in [0.05, 0.1) is 5.92 Å². The molecule has 0 aromatic carbocycles. The molecule has 1 atom stereocenters. The molecule has 1 N–H and O–H groups in total. The van der Waals surface area contributed by atoms with Crippen molar-refractivity contribution in [3.8, 4) is 0 Å². The Kier molecular flexibility index (Phi) is 2.81. The van der Waals surface area contributed by atoms with Crippen LogP contribution in [0.3, 0.4) is 0 Å². The fraction of sp³-hybridized carbons (Fsp3) is 0.500. The molecule has 1 aliphatic heterocycles. The van der Waals surface area contributed by atoms with E-state index in [4.69, 9.17) is 4.52 Å². The third kappa shape index (κ3) is 2.23. The van der Waals surface area contributed by atoms with Crippen molar-refractivity contribution in [2.45, 2.75) is 26.2 Å². The average Bonchev–Trinajstić information content (AvgIpc) is 3.07. The van der Waals surface area contributed by atoms with Crippen LogP contribution >= 0.6 is 0 Å². The second-order valence-corrected chi connectivity index (χ2v) is 4.83. The van der Waals surface area contributed by atoms with E-state index < -0.39 is 0 Å². The van der Waals surface area contributed by atoms with Crippen LogP contribution in [-0.2, 0) is 0 Å². The van der Waals surface area contributed by atoms with Crippen LogP contribution in [0.15, 0.2) is 10.7 Å². The number of aryl methyl sites for hydroxylation is 2. The molecule has 1 saturated heterocycles. The summed E-state index contributed by atoms with van der Waals surface area (Å²) in [7, 11) is 0. The Labute approximate surface area is 110 Å². The lowest BCUT2D eigenvalue weighted by Crippen LogP contribution is -2.29. The number of H-pyrrole nitrogens is 1. The first-order chi connectivity index (χ1) is 9.13. The Bertz CT molecular complexity index is 603. The van der Waals surface area contributed by atoms with Crippen molar-refractivity contribution in [1.29, 1.82) is 0 Å². The second kappa shape index (κ2) is 4.49. The number of aromatic amines is 1. The summed E-state index contributed by atoms with van der Waals surface area (Å²) >= 11 is 0. The molecule has 7 heteroatoms. The topological polar surface area (TPSA) is 87.9 Å². The lowest BCUT2D eigenvalue weighted by Gasteiger charge is -2.13. The van der Waals surface area contributed by atoms with Gasteiger partial charge >= 0.3 is 0 Å². The third-order valence-electron chi connectivity index (χ3n) is 3.27. The van der Waals surface area contributed by atoms with Crippen molar-refractivity contribution >= 4 is 5.91 Å². The molecular formula is C12H15N5O2. The summed E-state index contributed by atoms with van der Waals surface area (Å²) in [5.41, 5.74) is 0.881. The highest BCUT2D eigenvalue weighted by Crippen LogP contribution is 2.26. The van der Waals surface area contributed by atoms with E-state index in [1.54, 1.807) is 18.0 Å². The van der Waals surface area contributed by atoms with Gasteiger partial charge in [0.15, 0.2) is 11.6 Å². The quantitative estimate of drug-likeness (QED) is 0.872. The van der Waals surface area contributed by atoms with Crippen LogP contribution < -0.4 is 0 Å². The van der Waals surface area contributed by atoms with E-state index in [2.05, 4.69) is 20.1 Å². The van der Waals surface area contributed by atoms with Crippen molar-refractivity contribution in [3.63, 3.8) is 0 Å². The second-order valence-electron chi connectivity index (χ2n) is 4.83. The number of nitrogens with one attached hydrogen (secondary N) is 1. The fourth-order valence-electron chi connectivity index (χ4n) is 2.30. The van der Waals surface area contributed by atoms with Gasteiger partial charge in [0.1, 0.15) is 0 Å². The van der Waals surface area contributed by atoms with Crippen molar-refractivity contribution in [2.24, 2.45) is 0 Å². The highest BCUT2D eigenvalue weighted by Gasteiger charge is 2.32. The zero-order valence-corrected chi connectivity index (χ0v) is 10.9. The molecule has 2 aromatic rings. The highest BCUT2D eigenvalue weighted by molar-refractivity contribution is 5.90. The van der Waals surface area contributed by atoms with Gasteiger partial charge in [-0.3, -0.25) is 4.79 Å². The molecule has 7 nitrogen and oxygen atoms in total. The predicted octanol–water partition coefficient (Wildman–Crippen LogP) is 1.04. The smallest absolute Gasteiger partial charge is 0.289 e. The molecule has 1 aliphatic rings. The zero-order valence-electron chi connectivity index (χ0n) is 10.9. The maximum atomic E-state index is 12.2. The molecule has 0 bridgehead atoms. The molecule has 0 aliphatic carbocycles. The summed E-state index contributed by atoms with van der Waals surface area (Å²) in [4.78, 5) is 25.2. The van der Waals surface area contributed by atoms with Crippen molar-refractivity contribution in [3.05, 3.63) is 29.4 Å². The summed E-state index contributed by atoms with van der Waals surface area (Å²) in [5.74, 6) is 1.68. The first-order valence-corrected chi connectivity index (χ1v) is 6.24. The van der Waals surface area contributed by atoms with Crippen LogP contribution in [-0.4, -0.2) is 44.0 Å². The standard InChI is InChI=1S/C12H15N5O2/c1-7-5-13-10(14-7)12(18)17-4-3-9(6-17)11-15-8(2)16-19-11/h5,9H,3-4,6H2,1-2H3,(H,13,14)/t9-/m1/s1. The minimum Gasteiger partial charge on any atom is -0.339 e. The lowest BCUT2D eigenvalue weighted by molar-refractivity contribution is 0.0778. The van der Waals surface area contributed by atoms with Gasteiger partial charge in [-0.25, -0.2) is 4.98 Å². The molecule has 1 amide bonds. The number of amides is 1. The van der Waals surface area contributed by atoms with E-state index >= 15 is 0 Å². The van der Waals surface area contributed by atoms with Gasteiger partial charge < -0.3 is 14.4 Å². The summed E-state index contributed by atoms with van der Waals surface area (Å²) in [5, 5.41) is 3.78. The van der Waals surface area contributed by atoms with Crippen LogP contribution in [0.1, 0.15) is 40.4 Å². The minimum absolute atomic E-state index is 0.0770. The summed E-state index contributed by atoms with van der Waals surface area (Å²) < 4.78 is 5.16. The van der Waals surface area contributed by atoms with E-state index in [1.165, 1.54) is 0 Å². The lowest BCUT2D eigenvalue weighted by atomic mass is 10.1. The predicted molar refractivity (Wildman–Crippen MR) is 65.6 cm³/mol. The average molecular weight is 261 g/mol. The SMILES string of the molecule is Cc1noc([C@@H]2CCN(C(=O)c3ncc(C)[nH]3)C2)n1. The Hall–Kier alpha value is -2.18. The largest absolute Gasteiger partial charge is 0.339 e. The minimum atomic E-state index is -0.0770. The summed E-state index contributed by atoms with van der Waals surface area (Å²) in [6.45, 7) is 4.94. The van der Waals surface area contributed by atoms with Crippen molar-refractivity contribution in [2.75, 3.05) is 13.1 Å². The van der Waals surface area contributed by atoms with Crippen molar-refractivity contribution < 1.29 is 9.32 Å². The molecule has 2 aromatic heterocycles. The van der Waals surface area contributed by atoms with Gasteiger partial charge in [-0.15, -0.1) is 0 Å². The third-order valence-corrected chi connectivity index (χ3v) is 3.27. The van der Waals surface area contributed by atoms with E-state index in [0.717, 1.165) is 12.1 Å². The maximum Gasteiger partial charge on any atom is 0.289 e. The molecule has 3 heterocycles. The molecule has 19 heavy (non-hydrogen) atoms. The Morgan fingerprint density at radius 2 is 2.37 bits per heavy atom. The Balaban J connectivity index is 1.70. The molecular weight excluding hydrogens is 246 g/mol. The van der Waals surface area contributed by atoms with Gasteiger partial charge in [0, 0.05) is 25.0 Å². The van der Waals surface area contributed by atoms with Gasteiger partial charge in [-0.1, -0.05) is 5.16 Å². The van der Waals surface area contributed by atoms with Gasteiger partial charge in [0.2, 0.25) is 5.89 Å². The van der Waals surface area contributed by atoms with Gasteiger partial charge in [0.25, 0.3) is 5.91 Å². The summed E-state index contributed by atoms with van der Waals surface area (Å²) in [6, 6.07) is 0. The molecule has 100 valence electrons. The monoisotopic (exact) mass is 261 g/mol. The van der Waals surface area contributed by atoms with E-state index in [-0.39, 0.29) is 11.8 Å². The first-order valence-electron chi connectivity index (χ1n) is 6.24. The Morgan fingerprint density at radius 3 is 3.00 bits per heavy atom. The molecule has 0 saturated carbocycles. The van der Waals surface area contributed by atoms with E-state index in [1.807, 2.05) is 6.92 Å². The van der Waals surface area contributed by atoms with Crippen molar-refractivity contribution in [1.82, 2.24) is 25.0 Å². The number of carbonyl (C=O) groups is 1. The molecule has 3 rings (SSSR count). The van der Waals surface area contributed by atoms with Crippen LogP contribution in [0, 0.1) is 13.8 Å². The first kappa shape index (κ1) is 11.9. The number of rotatable bonds is 2. The fourth-order valence-corrected chi connectivity index (χ4v) is 2.30. The number of likely N-dealkylation sites (tertiary alicyclic amines) is 1. The maximum absolute atomic E-state index is 12.2. The van der Waals surface area contributed by atoms with Crippen LogP contribution in [0.25, 0.3) is 0 Å². The van der Waals surface area contributed by atoms with Crippen LogP contribution in [0.5, 0.6) is 0 Å². The van der Waals surface area contributed by atoms with Crippen LogP contribution in [0.2, 0.25) is 0 Å².